The summed E-state index contributed by atoms with van der Waals surface area (Å²) in [6.45, 7) is 6.53. The molecule has 1 aromatic heterocycles. The first kappa shape index (κ1) is 13.1. The minimum Gasteiger partial charge on any atom is -0.315 e. The molecule has 2 aliphatic rings. The Kier molecular flexibility index (Phi) is 3.18. The van der Waals surface area contributed by atoms with Gasteiger partial charge in [0.2, 0.25) is 5.91 Å². The lowest BCUT2D eigenvalue weighted by Crippen LogP contribution is -2.49. The molecule has 1 aliphatic heterocycles. The van der Waals surface area contributed by atoms with Gasteiger partial charge >= 0.3 is 0 Å². The molecular weight excluding hydrogens is 256 g/mol. The first-order valence-corrected chi connectivity index (χ1v) is 8.06. The van der Waals surface area contributed by atoms with Crippen molar-refractivity contribution in [2.45, 2.75) is 57.8 Å². The number of thiophene rings is 1. The zero-order valence-electron chi connectivity index (χ0n) is 11.8. The Bertz CT molecular complexity index is 464. The highest BCUT2D eigenvalue weighted by atomic mass is 32.1. The van der Waals surface area contributed by atoms with Gasteiger partial charge in [0.05, 0.1) is 6.04 Å². The van der Waals surface area contributed by atoms with E-state index in [4.69, 9.17) is 0 Å². The van der Waals surface area contributed by atoms with Crippen molar-refractivity contribution in [2.75, 3.05) is 0 Å². The first-order valence-electron chi connectivity index (χ1n) is 7.18. The molecule has 104 valence electrons. The quantitative estimate of drug-likeness (QED) is 0.917. The summed E-state index contributed by atoms with van der Waals surface area (Å²) in [5, 5.41) is 5.60. The van der Waals surface area contributed by atoms with Crippen molar-refractivity contribution in [3.05, 3.63) is 22.4 Å². The van der Waals surface area contributed by atoms with Gasteiger partial charge in [0.1, 0.15) is 6.17 Å². The van der Waals surface area contributed by atoms with Gasteiger partial charge in [-0.05, 0) is 50.5 Å². The first-order chi connectivity index (χ1) is 9.05. The summed E-state index contributed by atoms with van der Waals surface area (Å²) in [6.07, 6.45) is 3.43. The molecule has 2 fully saturated rings. The molecular formula is C15H22N2OS. The Morgan fingerprint density at radius 1 is 1.47 bits per heavy atom. The summed E-state index contributed by atoms with van der Waals surface area (Å²) in [5.41, 5.74) is -0.0390. The van der Waals surface area contributed by atoms with Gasteiger partial charge in [0.25, 0.3) is 0 Å². The van der Waals surface area contributed by atoms with Gasteiger partial charge in [-0.25, -0.2) is 0 Å². The molecule has 4 heteroatoms. The zero-order chi connectivity index (χ0) is 13.6. The molecule has 19 heavy (non-hydrogen) atoms. The van der Waals surface area contributed by atoms with E-state index in [0.29, 0.717) is 5.92 Å². The van der Waals surface area contributed by atoms with Crippen LogP contribution in [0.4, 0.5) is 0 Å². The highest BCUT2D eigenvalue weighted by Gasteiger charge is 2.51. The molecule has 0 bridgehead atoms. The van der Waals surface area contributed by atoms with Crippen LogP contribution in [0.2, 0.25) is 0 Å². The fourth-order valence-corrected chi connectivity index (χ4v) is 3.96. The number of rotatable bonds is 4. The summed E-state index contributed by atoms with van der Waals surface area (Å²) < 4.78 is 0. The van der Waals surface area contributed by atoms with Gasteiger partial charge < -0.3 is 4.90 Å². The molecule has 1 aliphatic carbocycles. The largest absolute Gasteiger partial charge is 0.315 e. The second-order valence-corrected chi connectivity index (χ2v) is 7.16. The molecule has 2 heterocycles. The van der Waals surface area contributed by atoms with E-state index < -0.39 is 0 Å². The standard InChI is InChI=1S/C15H22N2OS/c1-4-11-14(18)17(15(2,3)10-7-8-10)13(16-11)12-6-5-9-19-12/h5-6,9-11,13,16H,4,7-8H2,1-3H3. The van der Waals surface area contributed by atoms with Gasteiger partial charge in [-0.2, -0.15) is 0 Å². The maximum atomic E-state index is 12.7. The molecule has 2 unspecified atom stereocenters. The topological polar surface area (TPSA) is 32.3 Å². The predicted octanol–water partition coefficient (Wildman–Crippen LogP) is 3.15. The van der Waals surface area contributed by atoms with Crippen LogP contribution in [0.15, 0.2) is 17.5 Å². The maximum Gasteiger partial charge on any atom is 0.241 e. The van der Waals surface area contributed by atoms with E-state index in [9.17, 15) is 4.79 Å². The third kappa shape index (κ3) is 2.11. The lowest BCUT2D eigenvalue weighted by molar-refractivity contribution is -0.136. The van der Waals surface area contributed by atoms with Gasteiger partial charge in [0, 0.05) is 10.4 Å². The number of nitrogens with one attached hydrogen (secondary N) is 1. The summed E-state index contributed by atoms with van der Waals surface area (Å²) in [4.78, 5) is 16.1. The van der Waals surface area contributed by atoms with Gasteiger partial charge in [-0.15, -0.1) is 11.3 Å². The number of hydrogen-bond donors (Lipinski definition) is 1. The van der Waals surface area contributed by atoms with Crippen LogP contribution in [-0.4, -0.2) is 22.4 Å². The lowest BCUT2D eigenvalue weighted by Gasteiger charge is -2.39. The van der Waals surface area contributed by atoms with Crippen LogP contribution in [0.25, 0.3) is 0 Å². The number of amides is 1. The van der Waals surface area contributed by atoms with Crippen molar-refractivity contribution in [1.29, 1.82) is 0 Å². The van der Waals surface area contributed by atoms with Crippen LogP contribution in [0.3, 0.4) is 0 Å². The van der Waals surface area contributed by atoms with E-state index in [-0.39, 0.29) is 23.7 Å². The van der Waals surface area contributed by atoms with E-state index in [1.54, 1.807) is 11.3 Å². The molecule has 1 aromatic rings. The van der Waals surface area contributed by atoms with Crippen LogP contribution < -0.4 is 5.32 Å². The monoisotopic (exact) mass is 278 g/mol. The fourth-order valence-electron chi connectivity index (χ4n) is 3.18. The molecule has 1 saturated carbocycles. The van der Waals surface area contributed by atoms with Crippen molar-refractivity contribution < 1.29 is 4.79 Å². The van der Waals surface area contributed by atoms with Crippen LogP contribution >= 0.6 is 11.3 Å². The molecule has 3 rings (SSSR count). The van der Waals surface area contributed by atoms with Crippen LogP contribution in [0.1, 0.15) is 51.1 Å². The average Bonchev–Trinajstić information content (AvgIpc) is 2.99. The summed E-state index contributed by atoms with van der Waals surface area (Å²) in [5.74, 6) is 0.939. The molecule has 0 radical (unpaired) electrons. The second-order valence-electron chi connectivity index (χ2n) is 6.18. The summed E-state index contributed by atoms with van der Waals surface area (Å²) in [7, 11) is 0. The van der Waals surface area contributed by atoms with Crippen molar-refractivity contribution in [3.63, 3.8) is 0 Å². The molecule has 3 nitrogen and oxygen atoms in total. The van der Waals surface area contributed by atoms with Crippen molar-refractivity contribution in [1.82, 2.24) is 10.2 Å². The Balaban J connectivity index is 1.94. The van der Waals surface area contributed by atoms with Crippen molar-refractivity contribution >= 4 is 17.2 Å². The molecule has 1 amide bonds. The molecule has 2 atom stereocenters. The highest BCUT2D eigenvalue weighted by molar-refractivity contribution is 7.10. The number of nitrogens with zero attached hydrogens (tertiary/aromatic N) is 1. The smallest absolute Gasteiger partial charge is 0.241 e. The van der Waals surface area contributed by atoms with Gasteiger partial charge in [-0.1, -0.05) is 13.0 Å². The Hall–Kier alpha value is -0.870. The lowest BCUT2D eigenvalue weighted by atomic mass is 9.95. The molecule has 1 N–H and O–H groups in total. The Labute approximate surface area is 119 Å². The SMILES string of the molecule is CCC1NC(c2cccs2)N(C(C)(C)C2CC2)C1=O. The van der Waals surface area contributed by atoms with Crippen LogP contribution in [0.5, 0.6) is 0 Å². The van der Waals surface area contributed by atoms with Crippen molar-refractivity contribution in [2.24, 2.45) is 5.92 Å². The van der Waals surface area contributed by atoms with Gasteiger partial charge in [-0.3, -0.25) is 10.1 Å². The highest BCUT2D eigenvalue weighted by Crippen LogP contribution is 2.47. The Morgan fingerprint density at radius 2 is 2.21 bits per heavy atom. The minimum absolute atomic E-state index is 0.0230. The number of carbonyl (C=O) groups excluding carboxylic acids is 1. The van der Waals surface area contributed by atoms with E-state index in [1.165, 1.54) is 17.7 Å². The van der Waals surface area contributed by atoms with E-state index in [2.05, 4.69) is 48.5 Å². The maximum absolute atomic E-state index is 12.7. The summed E-state index contributed by atoms with van der Waals surface area (Å²) in [6, 6.07) is 4.17. The zero-order valence-corrected chi connectivity index (χ0v) is 12.7. The number of hydrogen-bond acceptors (Lipinski definition) is 3. The summed E-state index contributed by atoms with van der Waals surface area (Å²) >= 11 is 1.73. The Morgan fingerprint density at radius 3 is 2.74 bits per heavy atom. The van der Waals surface area contributed by atoms with Crippen molar-refractivity contribution in [3.8, 4) is 0 Å². The minimum atomic E-state index is -0.0390. The predicted molar refractivity (Wildman–Crippen MR) is 77.9 cm³/mol. The third-order valence-electron chi connectivity index (χ3n) is 4.57. The molecule has 0 spiro atoms. The fraction of sp³-hybridized carbons (Fsp3) is 0.667. The average molecular weight is 278 g/mol. The second kappa shape index (κ2) is 4.60. The molecule has 1 saturated heterocycles. The van der Waals surface area contributed by atoms with E-state index in [0.717, 1.165) is 6.42 Å². The molecule has 0 aromatic carbocycles. The van der Waals surface area contributed by atoms with Gasteiger partial charge in [0.15, 0.2) is 0 Å². The van der Waals surface area contributed by atoms with E-state index in [1.807, 2.05) is 0 Å². The van der Waals surface area contributed by atoms with Crippen LogP contribution in [-0.2, 0) is 4.79 Å². The van der Waals surface area contributed by atoms with Crippen LogP contribution in [0, 0.1) is 5.92 Å². The normalized spacial score (nSPS) is 28.2. The van der Waals surface area contributed by atoms with E-state index >= 15 is 0 Å². The number of carbonyl (C=O) groups is 1. The third-order valence-corrected chi connectivity index (χ3v) is 5.50.